The van der Waals surface area contributed by atoms with E-state index in [1.54, 1.807) is 7.11 Å². The molecule has 2 aromatic carbocycles. The Bertz CT molecular complexity index is 543. The molecule has 0 unspecified atom stereocenters. The molecule has 0 spiro atoms. The summed E-state index contributed by atoms with van der Waals surface area (Å²) in [6, 6.07) is 13.2. The molecular weight excluding hydrogens is 294 g/mol. The van der Waals surface area contributed by atoms with Gasteiger partial charge in [0.15, 0.2) is 0 Å². The lowest BCUT2D eigenvalue weighted by atomic mass is 10.2. The van der Waals surface area contributed by atoms with Crippen molar-refractivity contribution in [1.82, 2.24) is 0 Å². The summed E-state index contributed by atoms with van der Waals surface area (Å²) in [6.45, 7) is 0.437. The molecule has 0 aliphatic heterocycles. The molecule has 0 saturated carbocycles. The summed E-state index contributed by atoms with van der Waals surface area (Å²) in [5, 5.41) is 0. The smallest absolute Gasteiger partial charge is 0.123 e. The number of benzene rings is 2. The van der Waals surface area contributed by atoms with Crippen molar-refractivity contribution in [2.45, 2.75) is 6.61 Å². The lowest BCUT2D eigenvalue weighted by molar-refractivity contribution is 0.304. The molecule has 2 aromatic rings. The lowest BCUT2D eigenvalue weighted by Crippen LogP contribution is -2.00. The second-order valence-corrected chi connectivity index (χ2v) is 4.73. The molecule has 18 heavy (non-hydrogen) atoms. The number of halogens is 1. The molecule has 0 radical (unpaired) electrons. The van der Waals surface area contributed by atoms with Crippen molar-refractivity contribution in [3.8, 4) is 11.5 Å². The van der Waals surface area contributed by atoms with E-state index in [-0.39, 0.29) is 0 Å². The number of nitrogens with two attached hydrogens (primary N) is 1. The Morgan fingerprint density at radius 1 is 1.11 bits per heavy atom. The molecule has 2 N–H and O–H groups in total. The van der Waals surface area contributed by atoms with Crippen molar-refractivity contribution >= 4 is 21.6 Å². The Kier molecular flexibility index (Phi) is 4.10. The summed E-state index contributed by atoms with van der Waals surface area (Å²) >= 11 is 3.37. The fourth-order valence-electron chi connectivity index (χ4n) is 1.55. The highest BCUT2D eigenvalue weighted by atomic mass is 79.9. The monoisotopic (exact) mass is 307 g/mol. The molecule has 0 bridgehead atoms. The highest BCUT2D eigenvalue weighted by Gasteiger charge is 2.02. The minimum absolute atomic E-state index is 0.437. The summed E-state index contributed by atoms with van der Waals surface area (Å²) in [5.41, 5.74) is 7.58. The second-order valence-electron chi connectivity index (χ2n) is 3.81. The van der Waals surface area contributed by atoms with E-state index in [0.29, 0.717) is 12.3 Å². The van der Waals surface area contributed by atoms with Crippen molar-refractivity contribution in [3.63, 3.8) is 0 Å². The normalized spacial score (nSPS) is 10.1. The van der Waals surface area contributed by atoms with E-state index in [4.69, 9.17) is 15.2 Å². The molecule has 0 fully saturated rings. The maximum absolute atomic E-state index is 5.91. The van der Waals surface area contributed by atoms with Gasteiger partial charge >= 0.3 is 0 Å². The fourth-order valence-corrected chi connectivity index (χ4v) is 1.93. The third-order valence-electron chi connectivity index (χ3n) is 2.54. The van der Waals surface area contributed by atoms with Crippen LogP contribution in [0.3, 0.4) is 0 Å². The Morgan fingerprint density at radius 3 is 2.61 bits per heavy atom. The SMILES string of the molecule is COc1cccc(OCc2ccc(Br)cc2N)c1. The van der Waals surface area contributed by atoms with E-state index >= 15 is 0 Å². The van der Waals surface area contributed by atoms with Gasteiger partial charge in [0.25, 0.3) is 0 Å². The third-order valence-corrected chi connectivity index (χ3v) is 3.04. The molecule has 0 amide bonds. The highest BCUT2D eigenvalue weighted by molar-refractivity contribution is 9.10. The average Bonchev–Trinajstić information content (AvgIpc) is 2.38. The molecule has 0 aliphatic rings. The summed E-state index contributed by atoms with van der Waals surface area (Å²) in [7, 11) is 1.63. The summed E-state index contributed by atoms with van der Waals surface area (Å²) < 4.78 is 11.8. The van der Waals surface area contributed by atoms with E-state index in [9.17, 15) is 0 Å². The van der Waals surface area contributed by atoms with Crippen LogP contribution in [0, 0.1) is 0 Å². The van der Waals surface area contributed by atoms with Gasteiger partial charge in [-0.2, -0.15) is 0 Å². The first-order valence-electron chi connectivity index (χ1n) is 5.50. The van der Waals surface area contributed by atoms with Crippen molar-refractivity contribution in [1.29, 1.82) is 0 Å². The topological polar surface area (TPSA) is 44.5 Å². The van der Waals surface area contributed by atoms with Gasteiger partial charge in [-0.05, 0) is 24.3 Å². The van der Waals surface area contributed by atoms with Crippen molar-refractivity contribution in [3.05, 3.63) is 52.5 Å². The highest BCUT2D eigenvalue weighted by Crippen LogP contribution is 2.23. The predicted octanol–water partition coefficient (Wildman–Crippen LogP) is 3.62. The van der Waals surface area contributed by atoms with E-state index in [1.165, 1.54) is 0 Å². The van der Waals surface area contributed by atoms with Gasteiger partial charge < -0.3 is 15.2 Å². The number of nitrogen functional groups attached to an aromatic ring is 1. The zero-order chi connectivity index (χ0) is 13.0. The molecule has 94 valence electrons. The van der Waals surface area contributed by atoms with E-state index in [2.05, 4.69) is 15.9 Å². The largest absolute Gasteiger partial charge is 0.497 e. The molecule has 0 saturated heterocycles. The fraction of sp³-hybridized carbons (Fsp3) is 0.143. The maximum Gasteiger partial charge on any atom is 0.123 e. The van der Waals surface area contributed by atoms with Crippen LogP contribution in [0.2, 0.25) is 0 Å². The number of rotatable bonds is 4. The molecule has 0 aromatic heterocycles. The molecular formula is C14H14BrNO2. The van der Waals surface area contributed by atoms with Crippen LogP contribution in [0.5, 0.6) is 11.5 Å². The summed E-state index contributed by atoms with van der Waals surface area (Å²) in [6.07, 6.45) is 0. The van der Waals surface area contributed by atoms with Crippen LogP contribution in [-0.4, -0.2) is 7.11 Å². The zero-order valence-electron chi connectivity index (χ0n) is 10.0. The van der Waals surface area contributed by atoms with Crippen LogP contribution in [0.25, 0.3) is 0 Å². The Balaban J connectivity index is 2.06. The van der Waals surface area contributed by atoms with Crippen LogP contribution < -0.4 is 15.2 Å². The second kappa shape index (κ2) is 5.78. The molecule has 2 rings (SSSR count). The zero-order valence-corrected chi connectivity index (χ0v) is 11.6. The number of hydrogen-bond acceptors (Lipinski definition) is 3. The minimum atomic E-state index is 0.437. The van der Waals surface area contributed by atoms with Gasteiger partial charge in [0.05, 0.1) is 7.11 Å². The van der Waals surface area contributed by atoms with Crippen molar-refractivity contribution in [2.75, 3.05) is 12.8 Å². The third kappa shape index (κ3) is 3.17. The molecule has 0 atom stereocenters. The quantitative estimate of drug-likeness (QED) is 0.877. The molecule has 0 heterocycles. The van der Waals surface area contributed by atoms with Crippen LogP contribution in [0.15, 0.2) is 46.9 Å². The number of ether oxygens (including phenoxy) is 2. The number of hydrogen-bond donors (Lipinski definition) is 1. The number of anilines is 1. The summed E-state index contributed by atoms with van der Waals surface area (Å²) in [5.74, 6) is 1.54. The molecule has 4 heteroatoms. The number of methoxy groups -OCH3 is 1. The first kappa shape index (κ1) is 12.8. The molecule has 0 aliphatic carbocycles. The van der Waals surface area contributed by atoms with Gasteiger partial charge in [0, 0.05) is 21.8 Å². The van der Waals surface area contributed by atoms with E-state index < -0.39 is 0 Å². The minimum Gasteiger partial charge on any atom is -0.497 e. The van der Waals surface area contributed by atoms with Gasteiger partial charge in [-0.15, -0.1) is 0 Å². The Hall–Kier alpha value is -1.68. The first-order valence-corrected chi connectivity index (χ1v) is 6.29. The van der Waals surface area contributed by atoms with Gasteiger partial charge in [0.2, 0.25) is 0 Å². The van der Waals surface area contributed by atoms with E-state index in [0.717, 1.165) is 21.5 Å². The Morgan fingerprint density at radius 2 is 1.89 bits per heavy atom. The standard InChI is InChI=1S/C14H14BrNO2/c1-17-12-3-2-4-13(8-12)18-9-10-5-6-11(15)7-14(10)16/h2-8H,9,16H2,1H3. The van der Waals surface area contributed by atoms with Crippen LogP contribution in [0.1, 0.15) is 5.56 Å². The summed E-state index contributed by atoms with van der Waals surface area (Å²) in [4.78, 5) is 0. The van der Waals surface area contributed by atoms with Crippen LogP contribution >= 0.6 is 15.9 Å². The Labute approximate surface area is 115 Å². The first-order chi connectivity index (χ1) is 8.69. The lowest BCUT2D eigenvalue weighted by Gasteiger charge is -2.09. The maximum atomic E-state index is 5.91. The van der Waals surface area contributed by atoms with Crippen molar-refractivity contribution in [2.24, 2.45) is 0 Å². The van der Waals surface area contributed by atoms with Crippen molar-refractivity contribution < 1.29 is 9.47 Å². The molecule has 3 nitrogen and oxygen atoms in total. The van der Waals surface area contributed by atoms with Gasteiger partial charge in [0.1, 0.15) is 18.1 Å². The van der Waals surface area contributed by atoms with Gasteiger partial charge in [-0.25, -0.2) is 0 Å². The van der Waals surface area contributed by atoms with Crippen LogP contribution in [0.4, 0.5) is 5.69 Å². The van der Waals surface area contributed by atoms with Crippen LogP contribution in [-0.2, 0) is 6.61 Å². The average molecular weight is 308 g/mol. The van der Waals surface area contributed by atoms with Gasteiger partial charge in [-0.1, -0.05) is 28.1 Å². The predicted molar refractivity (Wildman–Crippen MR) is 75.9 cm³/mol. The van der Waals surface area contributed by atoms with E-state index in [1.807, 2.05) is 42.5 Å². The van der Waals surface area contributed by atoms with Gasteiger partial charge in [-0.3, -0.25) is 0 Å².